The van der Waals surface area contributed by atoms with Crippen LogP contribution in [-0.4, -0.2) is 52.3 Å². The fourth-order valence-electron chi connectivity index (χ4n) is 3.72. The Morgan fingerprint density at radius 1 is 1.03 bits per heavy atom. The summed E-state index contributed by atoms with van der Waals surface area (Å²) in [6.45, 7) is 3.69. The molecule has 0 saturated carbocycles. The largest absolute Gasteiger partial charge is 0.497 e. The van der Waals surface area contributed by atoms with E-state index >= 15 is 0 Å². The van der Waals surface area contributed by atoms with Crippen molar-refractivity contribution in [2.75, 3.05) is 20.8 Å². The highest BCUT2D eigenvalue weighted by atomic mass is 35.5. The summed E-state index contributed by atoms with van der Waals surface area (Å²) in [5.41, 5.74) is 2.56. The number of ether oxygens (including phenoxy) is 2. The number of aromatic nitrogens is 3. The summed E-state index contributed by atoms with van der Waals surface area (Å²) in [5.74, 6) is 0.0949. The maximum atomic E-state index is 12.6. The van der Waals surface area contributed by atoms with Gasteiger partial charge < -0.3 is 14.4 Å². The van der Waals surface area contributed by atoms with Crippen LogP contribution in [0.2, 0.25) is 5.02 Å². The van der Waals surface area contributed by atoms with E-state index in [0.29, 0.717) is 12.4 Å². The molecule has 4 aromatic rings. The lowest BCUT2D eigenvalue weighted by Crippen LogP contribution is -2.31. The molecular weight excluding hydrogens is 468 g/mol. The van der Waals surface area contributed by atoms with Gasteiger partial charge in [0.05, 0.1) is 17.8 Å². The molecule has 2 aromatic heterocycles. The lowest BCUT2D eigenvalue weighted by Gasteiger charge is -2.18. The van der Waals surface area contributed by atoms with Crippen LogP contribution in [0.15, 0.2) is 54.6 Å². The smallest absolute Gasteiger partial charge is 0.359 e. The van der Waals surface area contributed by atoms with E-state index in [-0.39, 0.29) is 16.6 Å². The number of esters is 1. The molecule has 0 bridgehead atoms. The van der Waals surface area contributed by atoms with Gasteiger partial charge in [0.25, 0.3) is 5.91 Å². The summed E-state index contributed by atoms with van der Waals surface area (Å²) in [6, 6.07) is 16.9. The summed E-state index contributed by atoms with van der Waals surface area (Å²) in [4.78, 5) is 31.1. The van der Waals surface area contributed by atoms with Crippen LogP contribution in [0, 0.1) is 13.8 Å². The van der Waals surface area contributed by atoms with Gasteiger partial charge in [-0.15, -0.1) is 0 Å². The Bertz CT molecular complexity index is 1420. The second-order valence-corrected chi connectivity index (χ2v) is 8.62. The molecule has 2 heterocycles. The number of fused-ring (bicyclic) bond motifs is 1. The number of nitrogens with zero attached hydrogens (tertiary/aromatic N) is 4. The number of halogens is 1. The Hall–Kier alpha value is -3.91. The molecule has 0 fully saturated rings. The van der Waals surface area contributed by atoms with Crippen LogP contribution >= 0.6 is 11.6 Å². The highest BCUT2D eigenvalue weighted by Crippen LogP contribution is 2.23. The molecule has 0 aliphatic carbocycles. The van der Waals surface area contributed by atoms with Crippen LogP contribution in [0.5, 0.6) is 5.75 Å². The fourth-order valence-corrected chi connectivity index (χ4v) is 3.90. The van der Waals surface area contributed by atoms with Crippen LogP contribution < -0.4 is 4.74 Å². The Morgan fingerprint density at radius 3 is 2.49 bits per heavy atom. The maximum Gasteiger partial charge on any atom is 0.359 e. The molecule has 0 spiro atoms. The lowest BCUT2D eigenvalue weighted by atomic mass is 10.1. The zero-order valence-electron chi connectivity index (χ0n) is 19.9. The van der Waals surface area contributed by atoms with Gasteiger partial charge in [0.15, 0.2) is 18.1 Å². The van der Waals surface area contributed by atoms with Crippen molar-refractivity contribution in [1.82, 2.24) is 19.7 Å². The Kier molecular flexibility index (Phi) is 7.02. The van der Waals surface area contributed by atoms with Gasteiger partial charge >= 0.3 is 5.97 Å². The van der Waals surface area contributed by atoms with Crippen molar-refractivity contribution in [2.45, 2.75) is 20.4 Å². The van der Waals surface area contributed by atoms with Gasteiger partial charge in [0.1, 0.15) is 5.75 Å². The van der Waals surface area contributed by atoms with E-state index in [0.717, 1.165) is 33.5 Å². The van der Waals surface area contributed by atoms with Crippen LogP contribution in [0.4, 0.5) is 0 Å². The average molecular weight is 493 g/mol. The highest BCUT2D eigenvalue weighted by Gasteiger charge is 2.19. The lowest BCUT2D eigenvalue weighted by molar-refractivity contribution is -0.133. The van der Waals surface area contributed by atoms with Gasteiger partial charge in [-0.25, -0.2) is 14.5 Å². The minimum atomic E-state index is -0.778. The van der Waals surface area contributed by atoms with Crippen molar-refractivity contribution < 1.29 is 19.1 Å². The number of carbonyl (C=O) groups is 2. The maximum absolute atomic E-state index is 12.6. The number of aryl methyl sites for hydroxylation is 2. The predicted molar refractivity (Wildman–Crippen MR) is 133 cm³/mol. The predicted octanol–water partition coefficient (Wildman–Crippen LogP) is 4.51. The van der Waals surface area contributed by atoms with E-state index in [4.69, 9.17) is 21.1 Å². The molecule has 0 aliphatic heterocycles. The normalized spacial score (nSPS) is 10.9. The first kappa shape index (κ1) is 24.2. The number of rotatable bonds is 7. The zero-order valence-corrected chi connectivity index (χ0v) is 20.7. The Balaban J connectivity index is 1.40. The van der Waals surface area contributed by atoms with Crippen molar-refractivity contribution in [3.05, 3.63) is 82.3 Å². The Labute approximate surface area is 208 Å². The molecule has 180 valence electrons. The van der Waals surface area contributed by atoms with E-state index < -0.39 is 12.6 Å². The van der Waals surface area contributed by atoms with Gasteiger partial charge in [0, 0.05) is 19.3 Å². The first-order chi connectivity index (χ1) is 16.7. The van der Waals surface area contributed by atoms with E-state index in [1.54, 1.807) is 31.0 Å². The van der Waals surface area contributed by atoms with Crippen molar-refractivity contribution in [3.8, 4) is 11.6 Å². The molecule has 0 atom stereocenters. The minimum absolute atomic E-state index is 0.0721. The minimum Gasteiger partial charge on any atom is -0.497 e. The number of benzene rings is 2. The summed E-state index contributed by atoms with van der Waals surface area (Å²) in [6.07, 6.45) is 0. The topological polar surface area (TPSA) is 86.5 Å². The van der Waals surface area contributed by atoms with Crippen LogP contribution in [-0.2, 0) is 16.1 Å². The zero-order chi connectivity index (χ0) is 25.1. The third-order valence-corrected chi connectivity index (χ3v) is 5.84. The van der Waals surface area contributed by atoms with Gasteiger partial charge in [-0.3, -0.25) is 4.79 Å². The van der Waals surface area contributed by atoms with Crippen molar-refractivity contribution >= 4 is 34.2 Å². The molecule has 0 radical (unpaired) electrons. The van der Waals surface area contributed by atoms with Crippen molar-refractivity contribution in [2.24, 2.45) is 0 Å². The molecule has 0 saturated heterocycles. The third kappa shape index (κ3) is 5.44. The van der Waals surface area contributed by atoms with Gasteiger partial charge in [-0.1, -0.05) is 29.8 Å². The first-order valence-electron chi connectivity index (χ1n) is 10.9. The molecule has 0 N–H and O–H groups in total. The summed E-state index contributed by atoms with van der Waals surface area (Å²) >= 11 is 6.18. The molecular formula is C26H25ClN4O4. The second-order valence-electron chi connectivity index (χ2n) is 8.21. The monoisotopic (exact) mass is 492 g/mol. The summed E-state index contributed by atoms with van der Waals surface area (Å²) in [7, 11) is 3.29. The second kappa shape index (κ2) is 10.1. The highest BCUT2D eigenvalue weighted by molar-refractivity contribution is 6.33. The van der Waals surface area contributed by atoms with Gasteiger partial charge in [-0.05, 0) is 66.6 Å². The van der Waals surface area contributed by atoms with Crippen LogP contribution in [0.1, 0.15) is 27.4 Å². The van der Waals surface area contributed by atoms with E-state index in [9.17, 15) is 9.59 Å². The van der Waals surface area contributed by atoms with E-state index in [1.165, 1.54) is 4.90 Å². The molecule has 2 aromatic carbocycles. The van der Waals surface area contributed by atoms with Crippen molar-refractivity contribution in [1.29, 1.82) is 0 Å². The SMILES string of the molecule is COc1ccc2cc(CN(C)C(=O)COC(=O)c3nc(-n4nc(C)cc4C)ccc3Cl)ccc2c1. The summed E-state index contributed by atoms with van der Waals surface area (Å²) in [5, 5.41) is 6.59. The van der Waals surface area contributed by atoms with Gasteiger partial charge in [-0.2, -0.15) is 5.10 Å². The number of hydrogen-bond acceptors (Lipinski definition) is 6. The molecule has 35 heavy (non-hydrogen) atoms. The molecule has 8 nitrogen and oxygen atoms in total. The van der Waals surface area contributed by atoms with Crippen molar-refractivity contribution in [3.63, 3.8) is 0 Å². The number of hydrogen-bond donors (Lipinski definition) is 0. The first-order valence-corrected chi connectivity index (χ1v) is 11.3. The Morgan fingerprint density at radius 2 is 1.77 bits per heavy atom. The summed E-state index contributed by atoms with van der Waals surface area (Å²) < 4.78 is 12.1. The molecule has 4 rings (SSSR count). The molecule has 0 aliphatic rings. The number of methoxy groups -OCH3 is 1. The molecule has 9 heteroatoms. The molecule has 1 amide bonds. The quantitative estimate of drug-likeness (QED) is 0.353. The van der Waals surface area contributed by atoms with E-state index in [2.05, 4.69) is 10.1 Å². The number of carbonyl (C=O) groups excluding carboxylic acids is 2. The number of likely N-dealkylation sites (N-methyl/N-ethyl adjacent to an activating group) is 1. The third-order valence-electron chi connectivity index (χ3n) is 5.54. The van der Waals surface area contributed by atoms with Crippen LogP contribution in [0.25, 0.3) is 16.6 Å². The fraction of sp³-hybridized carbons (Fsp3) is 0.231. The van der Waals surface area contributed by atoms with Crippen LogP contribution in [0.3, 0.4) is 0 Å². The number of pyridine rings is 1. The number of amides is 1. The van der Waals surface area contributed by atoms with Gasteiger partial charge in [0.2, 0.25) is 0 Å². The molecule has 0 unspecified atom stereocenters. The standard InChI is InChI=1S/C26H25ClN4O4/c1-16-11-17(2)31(29-16)23-10-9-22(27)25(28-23)26(33)35-15-24(32)30(3)14-18-5-6-20-13-21(34-4)8-7-19(20)12-18/h5-13H,14-15H2,1-4H3. The average Bonchev–Trinajstić information content (AvgIpc) is 3.19. The van der Waals surface area contributed by atoms with E-state index in [1.807, 2.05) is 56.3 Å².